The van der Waals surface area contributed by atoms with Crippen molar-refractivity contribution in [2.24, 2.45) is 0 Å². The molecule has 0 aromatic heterocycles. The molecule has 0 amide bonds. The summed E-state index contributed by atoms with van der Waals surface area (Å²) in [6, 6.07) is 42.9. The summed E-state index contributed by atoms with van der Waals surface area (Å²) in [5, 5.41) is 9.00. The molecule has 0 nitrogen and oxygen atoms in total. The van der Waals surface area contributed by atoms with Gasteiger partial charge in [-0.1, -0.05) is 124 Å². The summed E-state index contributed by atoms with van der Waals surface area (Å²) in [4.78, 5) is 0. The van der Waals surface area contributed by atoms with Crippen LogP contribution in [0.1, 0.15) is 25.0 Å². The normalized spacial score (nSPS) is 11.1. The van der Waals surface area contributed by atoms with E-state index in [9.17, 15) is 0 Å². The van der Waals surface area contributed by atoms with Gasteiger partial charge in [0.25, 0.3) is 0 Å². The van der Waals surface area contributed by atoms with Crippen LogP contribution in [-0.4, -0.2) is 8.07 Å². The number of aryl methyl sites for hydroxylation is 2. The summed E-state index contributed by atoms with van der Waals surface area (Å²) in [6.07, 6.45) is 0. The van der Waals surface area contributed by atoms with Gasteiger partial charge in [-0.05, 0) is 11.1 Å². The van der Waals surface area contributed by atoms with Gasteiger partial charge >= 0.3 is 26.2 Å². The van der Waals surface area contributed by atoms with Crippen molar-refractivity contribution in [3.8, 4) is 22.3 Å². The van der Waals surface area contributed by atoms with Crippen molar-refractivity contribution < 1.29 is 51.0 Å². The fourth-order valence-corrected chi connectivity index (χ4v) is 12.3. The van der Waals surface area contributed by atoms with Crippen LogP contribution in [0, 0.1) is 13.8 Å². The van der Waals surface area contributed by atoms with Gasteiger partial charge in [-0.25, -0.2) is 0 Å². The van der Waals surface area contributed by atoms with E-state index in [1.54, 1.807) is 10.4 Å². The van der Waals surface area contributed by atoms with E-state index in [1.807, 2.05) is 0 Å². The zero-order valence-electron chi connectivity index (χ0n) is 23.6. The van der Waals surface area contributed by atoms with Crippen LogP contribution in [0.15, 0.2) is 109 Å². The molecule has 6 aromatic carbocycles. The Morgan fingerprint density at radius 1 is 0.525 bits per heavy atom. The average Bonchev–Trinajstić information content (AvgIpc) is 3.47. The summed E-state index contributed by atoms with van der Waals surface area (Å²) in [5.41, 5.74) is 8.28. The molecule has 0 aliphatic heterocycles. The predicted octanol–water partition coefficient (Wildman–Crippen LogP) is 2.99. The molecular formula is C36H34Cl2SiZr. The standard InChI is InChI=1S/C36H34Si.2ClH.Zr/c1-5-37(6-2,35-25(3)23-29-19-13-21-31(33(29)35)27-15-9-7-10-16-27)36-26(4)24-30-20-14-22-32(34(30)36)28-17-11-8-12-18-28;;;/h7-24H,5-6H2,1-4H3;2*1H;/q-2;;;+4/p-2. The van der Waals surface area contributed by atoms with Crippen molar-refractivity contribution in [1.82, 2.24) is 0 Å². The summed E-state index contributed by atoms with van der Waals surface area (Å²) < 4.78 is 0. The third-order valence-corrected chi connectivity index (χ3v) is 14.2. The third-order valence-electron chi connectivity index (χ3n) is 8.56. The number of rotatable bonds is 6. The number of benzene rings is 4. The first-order valence-electron chi connectivity index (χ1n) is 13.6. The van der Waals surface area contributed by atoms with Gasteiger partial charge in [-0.2, -0.15) is 10.4 Å². The Morgan fingerprint density at radius 2 is 0.900 bits per heavy atom. The quantitative estimate of drug-likeness (QED) is 0.191. The maximum Gasteiger partial charge on any atom is 4.00 e. The summed E-state index contributed by atoms with van der Waals surface area (Å²) >= 11 is 0. The molecule has 0 aliphatic rings. The van der Waals surface area contributed by atoms with E-state index >= 15 is 0 Å². The van der Waals surface area contributed by atoms with Crippen LogP contribution in [-0.2, 0) is 26.2 Å². The first-order chi connectivity index (χ1) is 18.1. The number of hydrogen-bond donors (Lipinski definition) is 0. The van der Waals surface area contributed by atoms with Gasteiger partial charge in [0.05, 0.1) is 0 Å². The summed E-state index contributed by atoms with van der Waals surface area (Å²) in [5.74, 6) is 0. The number of halogens is 2. The zero-order valence-corrected chi connectivity index (χ0v) is 28.5. The monoisotopic (exact) mass is 654 g/mol. The minimum absolute atomic E-state index is 0. The van der Waals surface area contributed by atoms with Gasteiger partial charge in [0, 0.05) is 8.07 Å². The Morgan fingerprint density at radius 3 is 1.25 bits per heavy atom. The Balaban J connectivity index is 0.00000147. The molecule has 0 heterocycles. The molecule has 200 valence electrons. The van der Waals surface area contributed by atoms with Crippen LogP contribution in [0.2, 0.25) is 12.1 Å². The van der Waals surface area contributed by atoms with Crippen LogP contribution < -0.4 is 35.2 Å². The Kier molecular flexibility index (Phi) is 10.6. The van der Waals surface area contributed by atoms with Gasteiger partial charge in [-0.3, -0.25) is 0 Å². The first-order valence-corrected chi connectivity index (χ1v) is 16.0. The Hall–Kier alpha value is -2.22. The van der Waals surface area contributed by atoms with Gasteiger partial charge in [0.1, 0.15) is 0 Å². The van der Waals surface area contributed by atoms with E-state index < -0.39 is 8.07 Å². The fraction of sp³-hybridized carbons (Fsp3) is 0.167. The predicted molar refractivity (Wildman–Crippen MR) is 165 cm³/mol. The van der Waals surface area contributed by atoms with Gasteiger partial charge in [-0.15, -0.1) is 69.1 Å². The minimum atomic E-state index is -2.14. The molecular weight excluding hydrogens is 623 g/mol. The second-order valence-corrected chi connectivity index (χ2v) is 15.0. The van der Waals surface area contributed by atoms with Crippen LogP contribution >= 0.6 is 0 Å². The van der Waals surface area contributed by atoms with E-state index in [-0.39, 0.29) is 51.0 Å². The van der Waals surface area contributed by atoms with Gasteiger partial charge in [0.15, 0.2) is 0 Å². The summed E-state index contributed by atoms with van der Waals surface area (Å²) in [7, 11) is -2.14. The average molecular weight is 657 g/mol. The van der Waals surface area contributed by atoms with Crippen LogP contribution in [0.5, 0.6) is 0 Å². The van der Waals surface area contributed by atoms with Gasteiger partial charge in [0.2, 0.25) is 0 Å². The van der Waals surface area contributed by atoms with Crippen molar-refractivity contribution in [3.63, 3.8) is 0 Å². The molecule has 40 heavy (non-hydrogen) atoms. The molecule has 0 bridgehead atoms. The van der Waals surface area contributed by atoms with Crippen molar-refractivity contribution >= 4 is 40.0 Å². The molecule has 0 saturated carbocycles. The van der Waals surface area contributed by atoms with Crippen LogP contribution in [0.4, 0.5) is 0 Å². The van der Waals surface area contributed by atoms with Crippen LogP contribution in [0.3, 0.4) is 0 Å². The fourth-order valence-electron chi connectivity index (χ4n) is 6.98. The van der Waals surface area contributed by atoms with E-state index in [4.69, 9.17) is 0 Å². The third kappa shape index (κ3) is 5.14. The van der Waals surface area contributed by atoms with E-state index in [0.717, 1.165) is 0 Å². The second kappa shape index (κ2) is 13.2. The zero-order chi connectivity index (χ0) is 25.6. The smallest absolute Gasteiger partial charge is 1.00 e. The Bertz CT molecular complexity index is 1590. The number of hydrogen-bond acceptors (Lipinski definition) is 0. The SMILES string of the molecule is CC[Si](CC)(c1c(C)[cH-]c2cccc(-c3ccccc3)c12)c1c(C)[cH-]c2cccc(-c3ccccc3)c12.[Cl-].[Cl-].[Zr+4]. The van der Waals surface area contributed by atoms with Crippen molar-refractivity contribution in [2.45, 2.75) is 39.8 Å². The maximum absolute atomic E-state index is 2.45. The molecule has 6 aromatic rings. The Labute approximate surface area is 271 Å². The maximum atomic E-state index is 2.45. The van der Waals surface area contributed by atoms with Crippen molar-refractivity contribution in [1.29, 1.82) is 0 Å². The topological polar surface area (TPSA) is 0 Å². The van der Waals surface area contributed by atoms with E-state index in [0.29, 0.717) is 0 Å². The molecule has 0 N–H and O–H groups in total. The second-order valence-electron chi connectivity index (χ2n) is 10.5. The van der Waals surface area contributed by atoms with Gasteiger partial charge < -0.3 is 24.8 Å². The molecule has 0 aliphatic carbocycles. The van der Waals surface area contributed by atoms with Crippen molar-refractivity contribution in [3.05, 3.63) is 120 Å². The molecule has 0 fully saturated rings. The molecule has 0 radical (unpaired) electrons. The van der Waals surface area contributed by atoms with E-state index in [1.165, 1.54) is 67.0 Å². The molecule has 0 spiro atoms. The molecule has 0 unspecified atom stereocenters. The molecule has 0 saturated heterocycles. The first kappa shape index (κ1) is 32.3. The largest absolute Gasteiger partial charge is 4.00 e. The van der Waals surface area contributed by atoms with E-state index in [2.05, 4.69) is 137 Å². The number of fused-ring (bicyclic) bond motifs is 2. The van der Waals surface area contributed by atoms with Crippen molar-refractivity contribution in [2.75, 3.05) is 0 Å². The molecule has 4 heteroatoms. The minimum Gasteiger partial charge on any atom is -1.00 e. The summed E-state index contributed by atoms with van der Waals surface area (Å²) in [6.45, 7) is 9.61. The van der Waals surface area contributed by atoms with Crippen LogP contribution in [0.25, 0.3) is 43.8 Å². The molecule has 0 atom stereocenters. The molecule has 6 rings (SSSR count).